The number of rotatable bonds is 8. The van der Waals surface area contributed by atoms with Crippen molar-refractivity contribution in [2.24, 2.45) is 5.92 Å². The topological polar surface area (TPSA) is 87.5 Å². The number of aliphatic hydroxyl groups is 1. The van der Waals surface area contributed by atoms with Crippen LogP contribution in [0.15, 0.2) is 28.5 Å². The van der Waals surface area contributed by atoms with Crippen LogP contribution in [0.5, 0.6) is 0 Å². The zero-order chi connectivity index (χ0) is 21.8. The maximum atomic E-state index is 13.1. The lowest BCUT2D eigenvalue weighted by molar-refractivity contribution is -0.182. The predicted molar refractivity (Wildman–Crippen MR) is 121 cm³/mol. The number of fused-ring (bicyclic) bond motifs is 1. The van der Waals surface area contributed by atoms with Crippen molar-refractivity contribution in [1.82, 2.24) is 0 Å². The third-order valence-corrected chi connectivity index (χ3v) is 10.7. The van der Waals surface area contributed by atoms with Gasteiger partial charge in [0.15, 0.2) is 5.78 Å². The summed E-state index contributed by atoms with van der Waals surface area (Å²) in [5.74, 6) is 0.743. The van der Waals surface area contributed by atoms with Crippen molar-refractivity contribution in [3.63, 3.8) is 0 Å². The monoisotopic (exact) mass is 459 g/mol. The summed E-state index contributed by atoms with van der Waals surface area (Å²) < 4.78 is 27.0. The van der Waals surface area contributed by atoms with Crippen molar-refractivity contribution < 1.29 is 18.8 Å². The number of thiophene rings is 1. The normalized spacial score (nSPS) is 22.4. The van der Waals surface area contributed by atoms with E-state index in [-0.39, 0.29) is 31.2 Å². The van der Waals surface area contributed by atoms with Crippen LogP contribution in [0.1, 0.15) is 59.2 Å². The number of ether oxygens (including phenoxy) is 1. The Bertz CT molecular complexity index is 1130. The molecule has 1 saturated carbocycles. The van der Waals surface area contributed by atoms with Crippen molar-refractivity contribution in [2.75, 3.05) is 19.0 Å². The molecule has 2 heterocycles. The van der Waals surface area contributed by atoms with Gasteiger partial charge in [-0.25, -0.2) is 8.99 Å². The van der Waals surface area contributed by atoms with E-state index in [2.05, 4.69) is 19.1 Å². The highest BCUT2D eigenvalue weighted by atomic mass is 32.2. The molecule has 0 spiro atoms. The summed E-state index contributed by atoms with van der Waals surface area (Å²) in [6.07, 6.45) is 5.97. The van der Waals surface area contributed by atoms with Crippen molar-refractivity contribution in [2.45, 2.75) is 61.2 Å². The van der Waals surface area contributed by atoms with E-state index >= 15 is 0 Å². The molecule has 7 heteroatoms. The van der Waals surface area contributed by atoms with Gasteiger partial charge in [0.05, 0.1) is 28.7 Å². The van der Waals surface area contributed by atoms with Gasteiger partial charge < -0.3 is 9.84 Å². The molecule has 2 fully saturated rings. The van der Waals surface area contributed by atoms with Crippen molar-refractivity contribution in [3.05, 3.63) is 51.4 Å². The highest BCUT2D eigenvalue weighted by Gasteiger charge is 2.40. The fourth-order valence-electron chi connectivity index (χ4n) is 4.98. The van der Waals surface area contributed by atoms with Gasteiger partial charge in [-0.15, -0.1) is 11.3 Å². The van der Waals surface area contributed by atoms with Crippen LogP contribution in [0.25, 0.3) is 0 Å². The van der Waals surface area contributed by atoms with Gasteiger partial charge in [-0.05, 0) is 78.3 Å². The number of hydrogen-bond donors (Lipinski definition) is 2. The summed E-state index contributed by atoms with van der Waals surface area (Å²) in [5.41, 5.74) is 4.04. The predicted octanol–water partition coefficient (Wildman–Crippen LogP) is 4.19. The van der Waals surface area contributed by atoms with Crippen LogP contribution in [0.2, 0.25) is 0 Å². The number of hydrogen-bond acceptors (Lipinski definition) is 6. The molecule has 5 rings (SSSR count). The summed E-state index contributed by atoms with van der Waals surface area (Å²) in [7, 11) is -3.24. The molecule has 1 aliphatic heterocycles. The van der Waals surface area contributed by atoms with Crippen LogP contribution in [0, 0.1) is 10.7 Å². The zero-order valence-corrected chi connectivity index (χ0v) is 19.4. The van der Waals surface area contributed by atoms with Crippen molar-refractivity contribution in [1.29, 1.82) is 4.78 Å². The molecule has 5 nitrogen and oxygen atoms in total. The summed E-state index contributed by atoms with van der Waals surface area (Å²) >= 11 is 1.17. The average Bonchev–Trinajstić information content (AvgIpc) is 3.22. The Morgan fingerprint density at radius 2 is 2.06 bits per heavy atom. The van der Waals surface area contributed by atoms with Gasteiger partial charge in [0.2, 0.25) is 0 Å². The van der Waals surface area contributed by atoms with E-state index in [1.54, 1.807) is 12.1 Å². The molecule has 0 bridgehead atoms. The molecule has 1 aromatic heterocycles. The van der Waals surface area contributed by atoms with E-state index in [1.807, 2.05) is 0 Å². The molecule has 2 aliphatic carbocycles. The Labute approximate surface area is 187 Å². The number of carbonyl (C=O) groups excluding carboxylic acids is 1. The van der Waals surface area contributed by atoms with Crippen molar-refractivity contribution in [3.8, 4) is 0 Å². The lowest BCUT2D eigenvalue weighted by atomic mass is 9.86. The summed E-state index contributed by atoms with van der Waals surface area (Å²) in [4.78, 5) is 13.7. The first-order valence-corrected chi connectivity index (χ1v) is 13.6. The van der Waals surface area contributed by atoms with Gasteiger partial charge >= 0.3 is 0 Å². The number of ketones is 1. The van der Waals surface area contributed by atoms with Crippen LogP contribution in [-0.2, 0) is 44.1 Å². The molecule has 166 valence electrons. The van der Waals surface area contributed by atoms with Gasteiger partial charge in [-0.2, -0.15) is 0 Å². The average molecular weight is 460 g/mol. The second-order valence-electron chi connectivity index (χ2n) is 9.43. The largest absolute Gasteiger partial charge is 0.379 e. The Morgan fingerprint density at radius 1 is 1.29 bits per heavy atom. The van der Waals surface area contributed by atoms with Gasteiger partial charge in [0.25, 0.3) is 0 Å². The molecule has 2 N–H and O–H groups in total. The van der Waals surface area contributed by atoms with Gasteiger partial charge in [0.1, 0.15) is 9.81 Å². The van der Waals surface area contributed by atoms with Crippen molar-refractivity contribution >= 4 is 26.8 Å². The smallest absolute Gasteiger partial charge is 0.151 e. The van der Waals surface area contributed by atoms with Crippen LogP contribution >= 0.6 is 11.3 Å². The van der Waals surface area contributed by atoms with E-state index in [1.165, 1.54) is 40.9 Å². The van der Waals surface area contributed by atoms with Gasteiger partial charge in [-0.3, -0.25) is 4.79 Å². The molecular formula is C24H29NO4S2. The van der Waals surface area contributed by atoms with Crippen LogP contribution in [0.3, 0.4) is 0 Å². The van der Waals surface area contributed by atoms with E-state index in [9.17, 15) is 14.1 Å². The lowest BCUT2D eigenvalue weighted by Crippen LogP contribution is -2.45. The SMILES string of the molecule is C[C@@H](c1ccc2c(c1CC(=O)C[S@@](=N)(=O)c1ccc(C3(O)COC3)s1)CCC2)C1CC1. The maximum Gasteiger partial charge on any atom is 0.151 e. The minimum atomic E-state index is -3.24. The molecule has 1 aromatic carbocycles. The highest BCUT2D eigenvalue weighted by molar-refractivity contribution is 7.95. The quantitative estimate of drug-likeness (QED) is 0.620. The van der Waals surface area contributed by atoms with Gasteiger partial charge in [0, 0.05) is 11.3 Å². The highest BCUT2D eigenvalue weighted by Crippen LogP contribution is 2.45. The Morgan fingerprint density at radius 3 is 2.74 bits per heavy atom. The molecule has 3 aliphatic rings. The third kappa shape index (κ3) is 4.01. The van der Waals surface area contributed by atoms with E-state index in [0.717, 1.165) is 24.8 Å². The standard InChI is InChI=1S/C24H29NO4S2/c1-15(16-5-6-16)19-8-7-17-3-2-4-20(17)21(19)11-18(26)12-31(25,28)23-10-9-22(30-23)24(27)13-29-14-24/h7-10,15-16,25,27H,2-6,11-14H2,1H3/t15-,31-/m1/s1. The number of aryl methyl sites for hydroxylation is 1. The second-order valence-corrected chi connectivity index (χ2v) is 12.8. The Balaban J connectivity index is 1.36. The van der Waals surface area contributed by atoms with Crippen LogP contribution in [-0.4, -0.2) is 34.1 Å². The minimum Gasteiger partial charge on any atom is -0.379 e. The lowest BCUT2D eigenvalue weighted by Gasteiger charge is -2.35. The first-order valence-electron chi connectivity index (χ1n) is 11.1. The minimum absolute atomic E-state index is 0.134. The Kier molecular flexibility index (Phi) is 5.36. The summed E-state index contributed by atoms with van der Waals surface area (Å²) in [5, 5.41) is 10.4. The zero-order valence-electron chi connectivity index (χ0n) is 17.8. The number of Topliss-reactive ketones (excluding diaryl/α,β-unsaturated/α-hetero) is 1. The molecule has 2 aromatic rings. The van der Waals surface area contributed by atoms with E-state index < -0.39 is 15.3 Å². The van der Waals surface area contributed by atoms with E-state index in [4.69, 9.17) is 9.52 Å². The molecule has 2 atom stereocenters. The first kappa shape index (κ1) is 21.3. The number of benzene rings is 1. The molecule has 31 heavy (non-hydrogen) atoms. The fraction of sp³-hybridized carbons (Fsp3) is 0.542. The summed E-state index contributed by atoms with van der Waals surface area (Å²) in [6.45, 7) is 2.69. The third-order valence-electron chi connectivity index (χ3n) is 7.04. The number of carbonyl (C=O) groups is 1. The molecule has 0 amide bonds. The second kappa shape index (κ2) is 7.80. The molecule has 0 unspecified atom stereocenters. The van der Waals surface area contributed by atoms with Gasteiger partial charge in [-0.1, -0.05) is 19.1 Å². The Hall–Kier alpha value is -1.54. The molecule has 1 saturated heterocycles. The molecule has 0 radical (unpaired) electrons. The first-order chi connectivity index (χ1) is 14.8. The fourth-order valence-corrected chi connectivity index (χ4v) is 7.74. The summed E-state index contributed by atoms with van der Waals surface area (Å²) in [6, 6.07) is 7.78. The maximum absolute atomic E-state index is 13.1. The molecular weight excluding hydrogens is 430 g/mol. The van der Waals surface area contributed by atoms with Crippen LogP contribution in [0.4, 0.5) is 0 Å². The number of nitrogens with one attached hydrogen (secondary N) is 1. The van der Waals surface area contributed by atoms with E-state index in [0.29, 0.717) is 20.9 Å². The van der Waals surface area contributed by atoms with Crippen LogP contribution < -0.4 is 0 Å².